The second-order valence-corrected chi connectivity index (χ2v) is 5.12. The van der Waals surface area contributed by atoms with E-state index in [1.807, 2.05) is 0 Å². The van der Waals surface area contributed by atoms with E-state index in [0.29, 0.717) is 6.61 Å². The van der Waals surface area contributed by atoms with Crippen LogP contribution in [0.5, 0.6) is 0 Å². The van der Waals surface area contributed by atoms with Crippen LogP contribution in [0.25, 0.3) is 0 Å². The van der Waals surface area contributed by atoms with Crippen LogP contribution in [0.2, 0.25) is 0 Å². The van der Waals surface area contributed by atoms with Crippen molar-refractivity contribution in [3.05, 3.63) is 12.7 Å². The Kier molecular flexibility index (Phi) is 4.50. The third kappa shape index (κ3) is 4.77. The lowest BCUT2D eigenvalue weighted by Crippen LogP contribution is -2.22. The van der Waals surface area contributed by atoms with Gasteiger partial charge in [-0.2, -0.15) is 0 Å². The summed E-state index contributed by atoms with van der Waals surface area (Å²) < 4.78 is 16.0. The molecular weight excluding hydrogens is 208 g/mol. The van der Waals surface area contributed by atoms with Gasteiger partial charge in [-0.25, -0.2) is 4.79 Å². The zero-order valence-electron chi connectivity index (χ0n) is 10.2. The van der Waals surface area contributed by atoms with Gasteiger partial charge in [-0.1, -0.05) is 27.4 Å². The van der Waals surface area contributed by atoms with Crippen LogP contribution < -0.4 is 0 Å². The fraction of sp³-hybridized carbons (Fsp3) is 0.750. The minimum Gasteiger partial charge on any atom is -0.460 e. The molecule has 2 atom stereocenters. The lowest BCUT2D eigenvalue weighted by Gasteiger charge is -2.21. The normalized spacial score (nSPS) is 25.4. The number of ether oxygens (including phenoxy) is 3. The monoisotopic (exact) mass is 228 g/mol. The van der Waals surface area contributed by atoms with Crippen molar-refractivity contribution in [1.29, 1.82) is 0 Å². The molecule has 0 saturated carbocycles. The predicted octanol–water partition coefficient (Wildman–Crippen LogP) is 1.89. The van der Waals surface area contributed by atoms with Gasteiger partial charge in [0.1, 0.15) is 12.7 Å². The molecule has 0 aromatic carbocycles. The van der Waals surface area contributed by atoms with Gasteiger partial charge < -0.3 is 14.2 Å². The summed E-state index contributed by atoms with van der Waals surface area (Å²) in [6, 6.07) is 0. The van der Waals surface area contributed by atoms with Crippen LogP contribution in [0, 0.1) is 5.41 Å². The van der Waals surface area contributed by atoms with Crippen molar-refractivity contribution in [2.75, 3.05) is 13.2 Å². The summed E-state index contributed by atoms with van der Waals surface area (Å²) in [6.07, 6.45) is 1.63. The topological polar surface area (TPSA) is 44.8 Å². The van der Waals surface area contributed by atoms with E-state index in [4.69, 9.17) is 14.2 Å². The van der Waals surface area contributed by atoms with Crippen molar-refractivity contribution in [1.82, 2.24) is 0 Å². The molecule has 0 aromatic rings. The van der Waals surface area contributed by atoms with Crippen LogP contribution >= 0.6 is 0 Å². The Balaban J connectivity index is 2.25. The van der Waals surface area contributed by atoms with Gasteiger partial charge in [0.2, 0.25) is 0 Å². The molecule has 16 heavy (non-hydrogen) atoms. The second-order valence-electron chi connectivity index (χ2n) is 5.12. The number of rotatable bonds is 4. The summed E-state index contributed by atoms with van der Waals surface area (Å²) in [5.41, 5.74) is 0.164. The molecule has 1 aliphatic rings. The van der Waals surface area contributed by atoms with E-state index in [1.165, 1.54) is 0 Å². The molecule has 0 aliphatic carbocycles. The molecule has 1 aliphatic heterocycles. The summed E-state index contributed by atoms with van der Waals surface area (Å²) >= 11 is 0. The second kappa shape index (κ2) is 5.46. The van der Waals surface area contributed by atoms with E-state index in [1.54, 1.807) is 0 Å². The standard InChI is InChI=1S/C12H20O4/c1-5-10(13)14-7-9-8-15-11(16-9)6-12(2,3)4/h5,9,11H,1,6-8H2,2-4H3. The molecule has 1 heterocycles. The van der Waals surface area contributed by atoms with Gasteiger partial charge >= 0.3 is 5.97 Å². The molecule has 1 fully saturated rings. The highest BCUT2D eigenvalue weighted by molar-refractivity contribution is 5.81. The quantitative estimate of drug-likeness (QED) is 0.544. The zero-order chi connectivity index (χ0) is 12.2. The first kappa shape index (κ1) is 13.2. The maximum absolute atomic E-state index is 10.8. The Hall–Kier alpha value is -0.870. The minimum absolute atomic E-state index is 0.156. The molecule has 0 amide bonds. The van der Waals surface area contributed by atoms with Gasteiger partial charge in [-0.15, -0.1) is 0 Å². The average Bonchev–Trinajstić information content (AvgIpc) is 2.59. The summed E-state index contributed by atoms with van der Waals surface area (Å²) in [6.45, 7) is 10.4. The Morgan fingerprint density at radius 3 is 2.81 bits per heavy atom. The third-order valence-corrected chi connectivity index (χ3v) is 2.17. The van der Waals surface area contributed by atoms with E-state index in [9.17, 15) is 4.79 Å². The highest BCUT2D eigenvalue weighted by atomic mass is 16.7. The van der Waals surface area contributed by atoms with E-state index >= 15 is 0 Å². The summed E-state index contributed by atoms with van der Waals surface area (Å²) in [5, 5.41) is 0. The van der Waals surface area contributed by atoms with Crippen molar-refractivity contribution >= 4 is 5.97 Å². The van der Waals surface area contributed by atoms with E-state index in [0.717, 1.165) is 12.5 Å². The molecule has 0 bridgehead atoms. The lowest BCUT2D eigenvalue weighted by molar-refractivity contribution is -0.143. The molecule has 0 radical (unpaired) electrons. The molecule has 4 nitrogen and oxygen atoms in total. The first-order valence-electron chi connectivity index (χ1n) is 5.47. The smallest absolute Gasteiger partial charge is 0.330 e. The Morgan fingerprint density at radius 1 is 1.56 bits per heavy atom. The fourth-order valence-electron chi connectivity index (χ4n) is 1.44. The number of carbonyl (C=O) groups is 1. The Labute approximate surface area is 96.6 Å². The lowest BCUT2D eigenvalue weighted by atomic mass is 9.92. The Morgan fingerprint density at radius 2 is 2.25 bits per heavy atom. The first-order valence-corrected chi connectivity index (χ1v) is 5.47. The van der Waals surface area contributed by atoms with Gasteiger partial charge in [0.25, 0.3) is 0 Å². The van der Waals surface area contributed by atoms with Crippen LogP contribution in [0.3, 0.4) is 0 Å². The number of carbonyl (C=O) groups excluding carboxylic acids is 1. The molecule has 0 aromatic heterocycles. The molecule has 2 unspecified atom stereocenters. The fourth-order valence-corrected chi connectivity index (χ4v) is 1.44. The molecule has 92 valence electrons. The SMILES string of the molecule is C=CC(=O)OCC1COC(CC(C)(C)C)O1. The van der Waals surface area contributed by atoms with Crippen molar-refractivity contribution in [3.63, 3.8) is 0 Å². The molecule has 0 spiro atoms. The minimum atomic E-state index is -0.428. The number of hydrogen-bond acceptors (Lipinski definition) is 4. The molecular formula is C12H20O4. The molecule has 1 saturated heterocycles. The van der Waals surface area contributed by atoms with E-state index in [2.05, 4.69) is 27.4 Å². The molecule has 1 rings (SSSR count). The van der Waals surface area contributed by atoms with Gasteiger partial charge in [-0.05, 0) is 5.41 Å². The largest absolute Gasteiger partial charge is 0.460 e. The van der Waals surface area contributed by atoms with Gasteiger partial charge in [-0.3, -0.25) is 0 Å². The van der Waals surface area contributed by atoms with Crippen molar-refractivity contribution < 1.29 is 19.0 Å². The van der Waals surface area contributed by atoms with Crippen LogP contribution in [0.4, 0.5) is 0 Å². The molecule has 4 heteroatoms. The van der Waals surface area contributed by atoms with E-state index in [-0.39, 0.29) is 24.4 Å². The van der Waals surface area contributed by atoms with Gasteiger partial charge in [0.15, 0.2) is 6.29 Å². The first-order chi connectivity index (χ1) is 7.40. The Bertz CT molecular complexity index is 254. The van der Waals surface area contributed by atoms with Crippen molar-refractivity contribution in [3.8, 4) is 0 Å². The summed E-state index contributed by atoms with van der Waals surface area (Å²) in [4.78, 5) is 10.8. The van der Waals surface area contributed by atoms with E-state index < -0.39 is 5.97 Å². The van der Waals surface area contributed by atoms with Gasteiger partial charge in [0, 0.05) is 12.5 Å². The average molecular weight is 228 g/mol. The number of hydrogen-bond donors (Lipinski definition) is 0. The van der Waals surface area contributed by atoms with Crippen LogP contribution in [0.1, 0.15) is 27.2 Å². The van der Waals surface area contributed by atoms with Crippen LogP contribution in [-0.4, -0.2) is 31.6 Å². The third-order valence-electron chi connectivity index (χ3n) is 2.17. The predicted molar refractivity (Wildman–Crippen MR) is 59.8 cm³/mol. The molecule has 0 N–H and O–H groups in total. The van der Waals surface area contributed by atoms with Gasteiger partial charge in [0.05, 0.1) is 6.61 Å². The number of esters is 1. The highest BCUT2D eigenvalue weighted by Gasteiger charge is 2.30. The van der Waals surface area contributed by atoms with Crippen molar-refractivity contribution in [2.24, 2.45) is 5.41 Å². The maximum Gasteiger partial charge on any atom is 0.330 e. The van der Waals surface area contributed by atoms with Crippen molar-refractivity contribution in [2.45, 2.75) is 39.6 Å². The summed E-state index contributed by atoms with van der Waals surface area (Å²) in [5.74, 6) is -0.428. The maximum atomic E-state index is 10.8. The van der Waals surface area contributed by atoms with Crippen LogP contribution in [0.15, 0.2) is 12.7 Å². The van der Waals surface area contributed by atoms with Crippen LogP contribution in [-0.2, 0) is 19.0 Å². The zero-order valence-corrected chi connectivity index (χ0v) is 10.2. The summed E-state index contributed by atoms with van der Waals surface area (Å²) in [7, 11) is 0. The highest BCUT2D eigenvalue weighted by Crippen LogP contribution is 2.26.